The standard InChI is InChI=1S/C8H14N2O3/c1-13-4-2-3-10-7(11)5-9-6-8(10)12/h9H,2-6H2,1H3. The topological polar surface area (TPSA) is 58.6 Å². The minimum absolute atomic E-state index is 0.146. The van der Waals surface area contributed by atoms with E-state index in [9.17, 15) is 9.59 Å². The molecule has 0 aromatic carbocycles. The predicted molar refractivity (Wildman–Crippen MR) is 46.1 cm³/mol. The Labute approximate surface area is 77.0 Å². The number of rotatable bonds is 4. The third-order valence-electron chi connectivity index (χ3n) is 1.88. The van der Waals surface area contributed by atoms with Crippen LogP contribution in [0.1, 0.15) is 6.42 Å². The molecule has 0 aromatic heterocycles. The van der Waals surface area contributed by atoms with Crippen LogP contribution in [0.4, 0.5) is 0 Å². The van der Waals surface area contributed by atoms with E-state index in [4.69, 9.17) is 4.74 Å². The maximum absolute atomic E-state index is 11.2. The van der Waals surface area contributed by atoms with Crippen LogP contribution in [-0.2, 0) is 14.3 Å². The highest BCUT2D eigenvalue weighted by Gasteiger charge is 2.24. The van der Waals surface area contributed by atoms with Crippen LogP contribution >= 0.6 is 0 Å². The van der Waals surface area contributed by atoms with Crippen molar-refractivity contribution in [3.05, 3.63) is 0 Å². The number of methoxy groups -OCH3 is 1. The molecule has 2 amide bonds. The number of ether oxygens (including phenoxy) is 1. The smallest absolute Gasteiger partial charge is 0.243 e. The minimum atomic E-state index is -0.146. The van der Waals surface area contributed by atoms with Gasteiger partial charge in [0.25, 0.3) is 0 Å². The van der Waals surface area contributed by atoms with Crippen molar-refractivity contribution in [1.29, 1.82) is 0 Å². The van der Waals surface area contributed by atoms with E-state index in [1.807, 2.05) is 0 Å². The molecule has 0 radical (unpaired) electrons. The zero-order valence-electron chi connectivity index (χ0n) is 7.71. The Kier molecular flexibility index (Phi) is 3.85. The van der Waals surface area contributed by atoms with E-state index in [1.54, 1.807) is 7.11 Å². The molecule has 0 aliphatic carbocycles. The quantitative estimate of drug-likeness (QED) is 0.451. The molecule has 74 valence electrons. The number of nitrogens with one attached hydrogen (secondary N) is 1. The maximum atomic E-state index is 11.2. The van der Waals surface area contributed by atoms with E-state index < -0.39 is 0 Å². The van der Waals surface area contributed by atoms with Gasteiger partial charge in [0.15, 0.2) is 0 Å². The highest BCUT2D eigenvalue weighted by atomic mass is 16.5. The number of amides is 2. The number of imide groups is 1. The van der Waals surface area contributed by atoms with Crippen molar-refractivity contribution in [3.8, 4) is 0 Å². The first-order chi connectivity index (χ1) is 6.25. The van der Waals surface area contributed by atoms with Crippen LogP contribution in [0.25, 0.3) is 0 Å². The van der Waals surface area contributed by atoms with Gasteiger partial charge in [-0.3, -0.25) is 19.8 Å². The molecule has 0 saturated carbocycles. The molecule has 5 heteroatoms. The Morgan fingerprint density at radius 2 is 2.00 bits per heavy atom. The Bertz CT molecular complexity index is 190. The first kappa shape index (κ1) is 10.1. The molecule has 0 atom stereocenters. The number of carbonyl (C=O) groups is 2. The maximum Gasteiger partial charge on any atom is 0.243 e. The molecule has 0 unspecified atom stereocenters. The molecular formula is C8H14N2O3. The van der Waals surface area contributed by atoms with Crippen LogP contribution < -0.4 is 5.32 Å². The fourth-order valence-electron chi connectivity index (χ4n) is 1.22. The van der Waals surface area contributed by atoms with Gasteiger partial charge in [-0.1, -0.05) is 0 Å². The van der Waals surface area contributed by atoms with Crippen molar-refractivity contribution >= 4 is 11.8 Å². The lowest BCUT2D eigenvalue weighted by Crippen LogP contribution is -2.52. The van der Waals surface area contributed by atoms with E-state index in [0.717, 1.165) is 0 Å². The number of piperazine rings is 1. The van der Waals surface area contributed by atoms with Crippen LogP contribution in [0.15, 0.2) is 0 Å². The second-order valence-corrected chi connectivity index (χ2v) is 2.89. The van der Waals surface area contributed by atoms with Gasteiger partial charge in [-0.15, -0.1) is 0 Å². The average Bonchev–Trinajstić information content (AvgIpc) is 2.10. The second-order valence-electron chi connectivity index (χ2n) is 2.89. The lowest BCUT2D eigenvalue weighted by Gasteiger charge is -2.25. The van der Waals surface area contributed by atoms with Crippen molar-refractivity contribution in [2.45, 2.75) is 6.42 Å². The third-order valence-corrected chi connectivity index (χ3v) is 1.88. The van der Waals surface area contributed by atoms with Gasteiger partial charge in [0.05, 0.1) is 13.1 Å². The summed E-state index contributed by atoms with van der Waals surface area (Å²) in [5, 5.41) is 2.73. The van der Waals surface area contributed by atoms with Gasteiger partial charge in [0, 0.05) is 20.3 Å². The first-order valence-corrected chi connectivity index (χ1v) is 4.28. The zero-order chi connectivity index (χ0) is 9.68. The van der Waals surface area contributed by atoms with Crippen molar-refractivity contribution in [1.82, 2.24) is 10.2 Å². The van der Waals surface area contributed by atoms with E-state index in [1.165, 1.54) is 4.90 Å². The Morgan fingerprint density at radius 3 is 2.54 bits per heavy atom. The minimum Gasteiger partial charge on any atom is -0.385 e. The summed E-state index contributed by atoms with van der Waals surface area (Å²) in [4.78, 5) is 23.7. The van der Waals surface area contributed by atoms with Crippen molar-refractivity contribution in [2.75, 3.05) is 33.4 Å². The second kappa shape index (κ2) is 4.94. The van der Waals surface area contributed by atoms with Crippen LogP contribution in [0.2, 0.25) is 0 Å². The highest BCUT2D eigenvalue weighted by Crippen LogP contribution is 1.98. The first-order valence-electron chi connectivity index (χ1n) is 4.28. The average molecular weight is 186 g/mol. The molecule has 0 spiro atoms. The van der Waals surface area contributed by atoms with E-state index in [-0.39, 0.29) is 24.9 Å². The number of nitrogens with zero attached hydrogens (tertiary/aromatic N) is 1. The summed E-state index contributed by atoms with van der Waals surface area (Å²) >= 11 is 0. The summed E-state index contributed by atoms with van der Waals surface area (Å²) in [7, 11) is 1.60. The number of hydrogen-bond acceptors (Lipinski definition) is 4. The van der Waals surface area contributed by atoms with Crippen molar-refractivity contribution < 1.29 is 14.3 Å². The summed E-state index contributed by atoms with van der Waals surface area (Å²) in [5.41, 5.74) is 0. The molecule has 1 fully saturated rings. The summed E-state index contributed by atoms with van der Waals surface area (Å²) < 4.78 is 4.84. The molecule has 13 heavy (non-hydrogen) atoms. The van der Waals surface area contributed by atoms with Crippen LogP contribution in [0.5, 0.6) is 0 Å². The van der Waals surface area contributed by atoms with Crippen LogP contribution in [0, 0.1) is 0 Å². The lowest BCUT2D eigenvalue weighted by atomic mass is 10.3. The normalized spacial score (nSPS) is 18.1. The molecule has 0 bridgehead atoms. The van der Waals surface area contributed by atoms with Crippen molar-refractivity contribution in [2.24, 2.45) is 0 Å². The van der Waals surface area contributed by atoms with Gasteiger partial charge in [-0.05, 0) is 6.42 Å². The number of carbonyl (C=O) groups excluding carboxylic acids is 2. The van der Waals surface area contributed by atoms with Gasteiger partial charge >= 0.3 is 0 Å². The summed E-state index contributed by atoms with van der Waals surface area (Å²) in [6.45, 7) is 1.56. The van der Waals surface area contributed by atoms with E-state index in [2.05, 4.69) is 5.32 Å². The van der Waals surface area contributed by atoms with E-state index >= 15 is 0 Å². The van der Waals surface area contributed by atoms with Crippen molar-refractivity contribution in [3.63, 3.8) is 0 Å². The van der Waals surface area contributed by atoms with E-state index in [0.29, 0.717) is 19.6 Å². The zero-order valence-corrected chi connectivity index (χ0v) is 7.71. The Balaban J connectivity index is 2.35. The molecule has 1 N–H and O–H groups in total. The molecule has 1 aliphatic heterocycles. The van der Waals surface area contributed by atoms with Gasteiger partial charge in [0.1, 0.15) is 0 Å². The van der Waals surface area contributed by atoms with Gasteiger partial charge in [-0.2, -0.15) is 0 Å². The largest absolute Gasteiger partial charge is 0.385 e. The predicted octanol–water partition coefficient (Wildman–Crippen LogP) is -1.02. The Hall–Kier alpha value is -0.940. The molecule has 1 saturated heterocycles. The number of hydrogen-bond donors (Lipinski definition) is 1. The Morgan fingerprint density at radius 1 is 1.38 bits per heavy atom. The monoisotopic (exact) mass is 186 g/mol. The molecule has 5 nitrogen and oxygen atoms in total. The summed E-state index contributed by atoms with van der Waals surface area (Å²) in [5.74, 6) is -0.292. The lowest BCUT2D eigenvalue weighted by molar-refractivity contribution is -0.146. The SMILES string of the molecule is COCCCN1C(=O)CNCC1=O. The molecule has 1 rings (SSSR count). The van der Waals surface area contributed by atoms with Gasteiger partial charge in [-0.25, -0.2) is 0 Å². The molecular weight excluding hydrogens is 172 g/mol. The molecule has 0 aromatic rings. The van der Waals surface area contributed by atoms with Crippen LogP contribution in [0.3, 0.4) is 0 Å². The van der Waals surface area contributed by atoms with Gasteiger partial charge < -0.3 is 4.74 Å². The summed E-state index contributed by atoms with van der Waals surface area (Å²) in [6.07, 6.45) is 0.702. The van der Waals surface area contributed by atoms with Gasteiger partial charge in [0.2, 0.25) is 11.8 Å². The van der Waals surface area contributed by atoms with Crippen LogP contribution in [-0.4, -0.2) is 50.1 Å². The highest BCUT2D eigenvalue weighted by molar-refractivity contribution is 5.99. The molecule has 1 heterocycles. The fraction of sp³-hybridized carbons (Fsp3) is 0.750. The fourth-order valence-corrected chi connectivity index (χ4v) is 1.22. The molecule has 1 aliphatic rings. The summed E-state index contributed by atoms with van der Waals surface area (Å²) in [6, 6.07) is 0. The third kappa shape index (κ3) is 2.78.